The predicted octanol–water partition coefficient (Wildman–Crippen LogP) is 8.07. The Bertz CT molecular complexity index is 1180. The van der Waals surface area contributed by atoms with Crippen molar-refractivity contribution in [1.29, 1.82) is 0 Å². The molecule has 2 unspecified atom stereocenters. The Morgan fingerprint density at radius 3 is 1.00 bits per heavy atom. The molecular weight excluding hydrogens is 552 g/mol. The first kappa shape index (κ1) is 38.1. The highest BCUT2D eigenvalue weighted by Gasteiger charge is 2.19. The molecule has 0 saturated heterocycles. The zero-order valence-corrected chi connectivity index (χ0v) is 26.8. The second-order valence-corrected chi connectivity index (χ2v) is 10.1. The van der Waals surface area contributed by atoms with Gasteiger partial charge in [0.2, 0.25) is 0 Å². The molecule has 0 amide bonds. The normalized spacial score (nSPS) is 11.5. The monoisotopic (exact) mass is 600 g/mol. The number of carbonyl (C=O) groups is 2. The minimum absolute atomic E-state index is 0.271. The maximum Gasteiger partial charge on any atom is 0.195 e. The van der Waals surface area contributed by atoms with E-state index in [9.17, 15) is 19.8 Å². The highest BCUT2D eigenvalue weighted by molar-refractivity contribution is 6.00. The van der Waals surface area contributed by atoms with E-state index in [2.05, 4.69) is 0 Å². The van der Waals surface area contributed by atoms with Crippen LogP contribution in [0.15, 0.2) is 121 Å². The lowest BCUT2D eigenvalue weighted by molar-refractivity contribution is 0.0300. The van der Waals surface area contributed by atoms with Crippen molar-refractivity contribution in [3.63, 3.8) is 0 Å². The number of hydrogen-bond acceptors (Lipinski definition) is 6. The molecule has 4 aromatic carbocycles. The molecule has 2 N–H and O–H groups in total. The van der Waals surface area contributed by atoms with Gasteiger partial charge in [-0.25, -0.2) is 0 Å². The van der Waals surface area contributed by atoms with Crippen molar-refractivity contribution >= 4 is 11.6 Å². The SMILES string of the molecule is CC(C)OC(C)C.CCOCC.O=C(c1ccccc1)C(O)c1ccccc1.O=C(c1ccccc1)C(O)c1ccccc1. The molecule has 0 heterocycles. The Morgan fingerprint density at radius 2 is 0.795 bits per heavy atom. The minimum atomic E-state index is -1.08. The van der Waals surface area contributed by atoms with E-state index >= 15 is 0 Å². The van der Waals surface area contributed by atoms with Crippen molar-refractivity contribution in [1.82, 2.24) is 0 Å². The van der Waals surface area contributed by atoms with Crippen molar-refractivity contribution in [2.45, 2.75) is 66.0 Å². The van der Waals surface area contributed by atoms with Crippen LogP contribution in [-0.2, 0) is 9.47 Å². The number of ether oxygens (including phenoxy) is 2. The van der Waals surface area contributed by atoms with Crippen LogP contribution >= 0.6 is 0 Å². The van der Waals surface area contributed by atoms with Crippen LogP contribution in [0.5, 0.6) is 0 Å². The summed E-state index contributed by atoms with van der Waals surface area (Å²) in [7, 11) is 0. The maximum absolute atomic E-state index is 11.9. The molecule has 4 aromatic rings. The van der Waals surface area contributed by atoms with Crippen LogP contribution in [0.4, 0.5) is 0 Å². The van der Waals surface area contributed by atoms with Crippen molar-refractivity contribution in [3.05, 3.63) is 144 Å². The van der Waals surface area contributed by atoms with Crippen LogP contribution in [-0.4, -0.2) is 47.2 Å². The Morgan fingerprint density at radius 1 is 0.523 bits per heavy atom. The molecule has 0 aliphatic carbocycles. The summed E-state index contributed by atoms with van der Waals surface area (Å²) in [6.45, 7) is 13.8. The first-order valence-corrected chi connectivity index (χ1v) is 15.0. The van der Waals surface area contributed by atoms with Crippen LogP contribution < -0.4 is 0 Å². The molecule has 0 radical (unpaired) electrons. The Balaban J connectivity index is 0.000000325. The van der Waals surface area contributed by atoms with Crippen molar-refractivity contribution in [2.24, 2.45) is 0 Å². The van der Waals surface area contributed by atoms with E-state index in [1.54, 1.807) is 97.1 Å². The van der Waals surface area contributed by atoms with Crippen LogP contribution in [0.1, 0.15) is 85.6 Å². The van der Waals surface area contributed by atoms with Gasteiger partial charge in [-0.2, -0.15) is 0 Å². The van der Waals surface area contributed by atoms with E-state index in [0.29, 0.717) is 34.5 Å². The molecule has 0 spiro atoms. The number of benzene rings is 4. The average Bonchev–Trinajstić information content (AvgIpc) is 3.05. The molecule has 6 nitrogen and oxygen atoms in total. The standard InChI is InChI=1S/2C14H12O2.C6H14O.C4H10O/c2*15-13(11-7-3-1-4-8-11)14(16)12-9-5-2-6-10-12;1-5(2)7-6(3)4;1-3-5-4-2/h2*1-10,13,15H;5-6H,1-4H3;3-4H2,1-2H3. The lowest BCUT2D eigenvalue weighted by atomic mass is 10.0. The average molecular weight is 601 g/mol. The van der Waals surface area contributed by atoms with Crippen LogP contribution in [0.2, 0.25) is 0 Å². The molecule has 6 heteroatoms. The third-order valence-corrected chi connectivity index (χ3v) is 5.80. The zero-order valence-electron chi connectivity index (χ0n) is 26.8. The summed E-state index contributed by atoms with van der Waals surface area (Å²) in [6.07, 6.45) is -1.41. The van der Waals surface area contributed by atoms with Crippen LogP contribution in [0, 0.1) is 0 Å². The summed E-state index contributed by atoms with van der Waals surface area (Å²) in [5.74, 6) is -0.543. The van der Waals surface area contributed by atoms with Gasteiger partial charge in [-0.1, -0.05) is 121 Å². The molecule has 2 atom stereocenters. The lowest BCUT2D eigenvalue weighted by Gasteiger charge is -2.09. The number of aliphatic hydroxyl groups excluding tert-OH is 2. The largest absolute Gasteiger partial charge is 0.382 e. The lowest BCUT2D eigenvalue weighted by Crippen LogP contribution is -2.11. The van der Waals surface area contributed by atoms with Gasteiger partial charge in [-0.3, -0.25) is 9.59 Å². The molecule has 0 aliphatic heterocycles. The summed E-state index contributed by atoms with van der Waals surface area (Å²) in [4.78, 5) is 23.8. The smallest absolute Gasteiger partial charge is 0.195 e. The van der Waals surface area contributed by atoms with Gasteiger partial charge in [0.05, 0.1) is 12.2 Å². The molecule has 0 bridgehead atoms. The molecule has 236 valence electrons. The summed E-state index contributed by atoms with van der Waals surface area (Å²) in [6, 6.07) is 35.5. The Hall–Kier alpha value is -3.94. The fourth-order valence-electron chi connectivity index (χ4n) is 3.84. The van der Waals surface area contributed by atoms with Gasteiger partial charge >= 0.3 is 0 Å². The number of hydrogen-bond donors (Lipinski definition) is 2. The molecule has 0 aromatic heterocycles. The highest BCUT2D eigenvalue weighted by atomic mass is 16.5. The first-order chi connectivity index (χ1) is 21.1. The molecule has 44 heavy (non-hydrogen) atoms. The number of rotatable bonds is 10. The van der Waals surface area contributed by atoms with Crippen molar-refractivity contribution in [3.8, 4) is 0 Å². The maximum atomic E-state index is 11.9. The van der Waals surface area contributed by atoms with Gasteiger partial charge in [0.1, 0.15) is 12.2 Å². The summed E-state index contributed by atoms with van der Waals surface area (Å²) in [5, 5.41) is 19.8. The van der Waals surface area contributed by atoms with E-state index in [1.807, 2.05) is 65.8 Å². The quantitative estimate of drug-likeness (QED) is 0.179. The van der Waals surface area contributed by atoms with E-state index in [0.717, 1.165) is 13.2 Å². The molecule has 0 aliphatic rings. The van der Waals surface area contributed by atoms with Crippen molar-refractivity contribution < 1.29 is 29.3 Å². The van der Waals surface area contributed by atoms with Gasteiger partial charge in [0.25, 0.3) is 0 Å². The third kappa shape index (κ3) is 15.5. The van der Waals surface area contributed by atoms with Crippen molar-refractivity contribution in [2.75, 3.05) is 13.2 Å². The fourth-order valence-corrected chi connectivity index (χ4v) is 3.84. The van der Waals surface area contributed by atoms with Crippen LogP contribution in [0.25, 0.3) is 0 Å². The highest BCUT2D eigenvalue weighted by Crippen LogP contribution is 2.18. The van der Waals surface area contributed by atoms with Gasteiger partial charge in [-0.15, -0.1) is 0 Å². The zero-order chi connectivity index (χ0) is 32.7. The topological polar surface area (TPSA) is 93.1 Å². The Kier molecular flexibility index (Phi) is 19.5. The second-order valence-electron chi connectivity index (χ2n) is 10.1. The summed E-state index contributed by atoms with van der Waals surface area (Å²) in [5.41, 5.74) is 2.30. The van der Waals surface area contributed by atoms with Gasteiger partial charge in [0, 0.05) is 24.3 Å². The van der Waals surface area contributed by atoms with Gasteiger partial charge in [-0.05, 0) is 52.7 Å². The van der Waals surface area contributed by atoms with Gasteiger partial charge < -0.3 is 19.7 Å². The van der Waals surface area contributed by atoms with Crippen LogP contribution in [0.3, 0.4) is 0 Å². The third-order valence-electron chi connectivity index (χ3n) is 5.80. The Labute approximate surface area is 263 Å². The number of Topliss-reactive ketones (excluding diaryl/α,β-unsaturated/α-hetero) is 2. The summed E-state index contributed by atoms with van der Waals surface area (Å²) >= 11 is 0. The minimum Gasteiger partial charge on any atom is -0.382 e. The molecule has 0 saturated carbocycles. The number of carbonyl (C=O) groups excluding carboxylic acids is 2. The molecule has 4 rings (SSSR count). The number of ketones is 2. The predicted molar refractivity (Wildman–Crippen MR) is 178 cm³/mol. The van der Waals surface area contributed by atoms with Gasteiger partial charge in [0.15, 0.2) is 11.6 Å². The fraction of sp³-hybridized carbons (Fsp3) is 0.316. The van der Waals surface area contributed by atoms with E-state index in [-0.39, 0.29) is 11.6 Å². The first-order valence-electron chi connectivity index (χ1n) is 15.0. The second kappa shape index (κ2) is 22.6. The molecule has 0 fully saturated rings. The molecular formula is C38H48O6. The van der Waals surface area contributed by atoms with E-state index in [1.165, 1.54) is 0 Å². The van der Waals surface area contributed by atoms with E-state index in [4.69, 9.17) is 9.47 Å². The summed E-state index contributed by atoms with van der Waals surface area (Å²) < 4.78 is 10.1. The van der Waals surface area contributed by atoms with E-state index < -0.39 is 12.2 Å². The number of aliphatic hydroxyl groups is 2.